The smallest absolute Gasteiger partial charge is 0.393 e. The Morgan fingerprint density at radius 2 is 1.87 bits per heavy atom. The molecule has 2 amide bonds. The monoisotopic (exact) mass is 569 g/mol. The summed E-state index contributed by atoms with van der Waals surface area (Å²) in [5.41, 5.74) is 0.511. The number of hydrogen-bond donors (Lipinski definition) is 2. The minimum atomic E-state index is -4.55. The number of carbonyl (C=O) groups is 1. The maximum absolute atomic E-state index is 13.4. The molecule has 2 heterocycles. The van der Waals surface area contributed by atoms with E-state index in [4.69, 9.17) is 11.6 Å². The molecule has 3 aromatic rings. The van der Waals surface area contributed by atoms with E-state index in [1.54, 1.807) is 23.6 Å². The Morgan fingerprint density at radius 3 is 2.53 bits per heavy atom. The van der Waals surface area contributed by atoms with Crippen LogP contribution in [0, 0.1) is 0 Å². The first-order valence-corrected chi connectivity index (χ1v) is 13.8. The molecule has 0 spiro atoms. The van der Waals surface area contributed by atoms with Gasteiger partial charge in [-0.3, -0.25) is 0 Å². The van der Waals surface area contributed by atoms with E-state index < -0.39 is 17.8 Å². The van der Waals surface area contributed by atoms with Gasteiger partial charge in [0.25, 0.3) is 0 Å². The quantitative estimate of drug-likeness (QED) is 0.315. The van der Waals surface area contributed by atoms with E-state index in [2.05, 4.69) is 17.3 Å². The highest BCUT2D eigenvalue weighted by Gasteiger charge is 2.33. The number of amides is 2. The van der Waals surface area contributed by atoms with Crippen molar-refractivity contribution in [2.45, 2.75) is 39.0 Å². The number of quaternary nitrogens is 1. The van der Waals surface area contributed by atoms with Gasteiger partial charge in [0.05, 0.1) is 56.3 Å². The molecule has 6 nitrogen and oxygen atoms in total. The van der Waals surface area contributed by atoms with Crippen molar-refractivity contribution in [2.75, 3.05) is 38.1 Å². The lowest BCUT2D eigenvalue weighted by atomic mass is 10.1. The molecule has 1 aromatic heterocycles. The molecule has 4 rings (SSSR count). The highest BCUT2D eigenvalue weighted by atomic mass is 35.5. The molecule has 1 aliphatic rings. The Kier molecular flexibility index (Phi) is 10.2. The van der Waals surface area contributed by atoms with Crippen LogP contribution in [0.5, 0.6) is 0 Å². The lowest BCUT2D eigenvalue weighted by Gasteiger charge is -2.39. The Morgan fingerprint density at radius 1 is 1.18 bits per heavy atom. The van der Waals surface area contributed by atoms with E-state index in [0.717, 1.165) is 42.1 Å². The molecule has 1 saturated heterocycles. The van der Waals surface area contributed by atoms with Gasteiger partial charge in [-0.15, -0.1) is 11.3 Å². The number of thiazole rings is 1. The predicted octanol–water partition coefficient (Wildman–Crippen LogP) is 6.96. The van der Waals surface area contributed by atoms with Crippen molar-refractivity contribution in [3.8, 4) is 11.3 Å². The van der Waals surface area contributed by atoms with Crippen molar-refractivity contribution < 1.29 is 27.6 Å². The summed E-state index contributed by atoms with van der Waals surface area (Å²) in [7, 11) is 2.07. The number of urea groups is 1. The number of nitrogens with zero attached hydrogens (tertiary/aromatic N) is 3. The molecule has 2 N–H and O–H groups in total. The Balaban J connectivity index is 0.00000195. The summed E-state index contributed by atoms with van der Waals surface area (Å²) in [6.45, 7) is 6.56. The molecule has 1 fully saturated rings. The molecule has 0 bridgehead atoms. The van der Waals surface area contributed by atoms with Crippen molar-refractivity contribution in [1.82, 2.24) is 10.3 Å². The van der Waals surface area contributed by atoms with E-state index in [0.29, 0.717) is 41.1 Å². The van der Waals surface area contributed by atoms with Gasteiger partial charge in [0.1, 0.15) is 0 Å². The number of rotatable bonds is 6. The number of likely N-dealkylation sites (N-methyl/N-ethyl adjacent to an activating group) is 1. The van der Waals surface area contributed by atoms with Gasteiger partial charge in [-0.2, -0.15) is 13.2 Å². The third-order valence-electron chi connectivity index (χ3n) is 6.37. The fraction of sp³-hybridized carbons (Fsp3) is 0.407. The van der Waals surface area contributed by atoms with Crippen molar-refractivity contribution in [3.63, 3.8) is 0 Å². The molecule has 0 atom stereocenters. The molecule has 0 unspecified atom stereocenters. The molecule has 0 saturated carbocycles. The van der Waals surface area contributed by atoms with Crippen LogP contribution in [0.15, 0.2) is 53.9 Å². The second-order valence-electron chi connectivity index (χ2n) is 9.16. The van der Waals surface area contributed by atoms with Gasteiger partial charge in [-0.05, 0) is 30.3 Å². The lowest BCUT2D eigenvalue weighted by molar-refractivity contribution is -0.913. The molecule has 1 aliphatic heterocycles. The average molecular weight is 570 g/mol. The minimum absolute atomic E-state index is 0.0656. The number of carbonyl (C=O) groups excluding carboxylic acids is 1. The molecular weight excluding hydrogens is 537 g/mol. The first-order chi connectivity index (χ1) is 18.0. The first kappa shape index (κ1) is 29.9. The SMILES string of the molecule is CC.C[N+]1(CCNC(=O)N(c2cccc(C(F)(F)F)c2)c2nc(-c3cccc(Cl)c3)cs2)CCC(O)CC1. The van der Waals surface area contributed by atoms with E-state index in [9.17, 15) is 23.1 Å². The number of piperidine rings is 1. The van der Waals surface area contributed by atoms with Crippen LogP contribution in [0.3, 0.4) is 0 Å². The van der Waals surface area contributed by atoms with Crippen LogP contribution in [0.1, 0.15) is 32.3 Å². The number of aromatic nitrogens is 1. The normalized spacial score (nSPS) is 19.3. The zero-order chi connectivity index (χ0) is 27.9. The van der Waals surface area contributed by atoms with Gasteiger partial charge in [0.2, 0.25) is 0 Å². The number of likely N-dealkylation sites (tertiary alicyclic amines) is 1. The molecule has 11 heteroatoms. The molecule has 206 valence electrons. The summed E-state index contributed by atoms with van der Waals surface area (Å²) in [4.78, 5) is 19.1. The van der Waals surface area contributed by atoms with Crippen LogP contribution in [0.4, 0.5) is 28.8 Å². The number of aliphatic hydroxyl groups is 1. The summed E-state index contributed by atoms with van der Waals surface area (Å²) in [6.07, 6.45) is -3.44. The van der Waals surface area contributed by atoms with Gasteiger partial charge < -0.3 is 14.9 Å². The van der Waals surface area contributed by atoms with Gasteiger partial charge in [0, 0.05) is 28.8 Å². The number of nitrogens with one attached hydrogen (secondary N) is 1. The number of anilines is 2. The maximum Gasteiger partial charge on any atom is 0.416 e. The largest absolute Gasteiger partial charge is 0.416 e. The average Bonchev–Trinajstić information content (AvgIpc) is 3.37. The fourth-order valence-corrected chi connectivity index (χ4v) is 5.24. The lowest BCUT2D eigenvalue weighted by Crippen LogP contribution is -2.54. The van der Waals surface area contributed by atoms with Gasteiger partial charge in [-0.1, -0.05) is 43.6 Å². The summed E-state index contributed by atoms with van der Waals surface area (Å²) in [5, 5.41) is 15.1. The molecule has 2 aromatic carbocycles. The fourth-order valence-electron chi connectivity index (χ4n) is 4.20. The number of hydrogen-bond acceptors (Lipinski definition) is 4. The maximum atomic E-state index is 13.4. The van der Waals surface area contributed by atoms with Crippen molar-refractivity contribution in [3.05, 3.63) is 64.5 Å². The van der Waals surface area contributed by atoms with Crippen molar-refractivity contribution in [1.29, 1.82) is 0 Å². The third-order valence-corrected chi connectivity index (χ3v) is 7.43. The standard InChI is InChI=1S/C25H26ClF3N4O2S.C2H6/c1-33(11-8-21(34)9-12-33)13-10-30-23(35)32(20-7-3-5-18(15-20)25(27,28)29)24-31-22(16-36-24)17-4-2-6-19(26)14-17;1-2/h2-7,14-16,21,34H,8-13H2,1H3;1-2H3/p+1. The van der Waals surface area contributed by atoms with Crippen LogP contribution in [-0.2, 0) is 6.18 Å². The Labute approximate surface area is 230 Å². The number of alkyl halides is 3. The predicted molar refractivity (Wildman–Crippen MR) is 147 cm³/mol. The van der Waals surface area contributed by atoms with E-state index in [1.165, 1.54) is 17.0 Å². The number of halogens is 4. The summed E-state index contributed by atoms with van der Waals surface area (Å²) >= 11 is 7.24. The van der Waals surface area contributed by atoms with E-state index >= 15 is 0 Å². The minimum Gasteiger partial charge on any atom is -0.393 e. The van der Waals surface area contributed by atoms with Gasteiger partial charge in [-0.25, -0.2) is 14.7 Å². The molecule has 38 heavy (non-hydrogen) atoms. The molecular formula is C27H33ClF3N4O2S+. The highest BCUT2D eigenvalue weighted by Crippen LogP contribution is 2.36. The summed E-state index contributed by atoms with van der Waals surface area (Å²) in [6, 6.07) is 11.1. The topological polar surface area (TPSA) is 65.5 Å². The van der Waals surface area contributed by atoms with Crippen molar-refractivity contribution >= 4 is 39.8 Å². The summed E-state index contributed by atoms with van der Waals surface area (Å²) < 4.78 is 40.9. The van der Waals surface area contributed by atoms with E-state index in [-0.39, 0.29) is 16.9 Å². The molecule has 0 radical (unpaired) electrons. The first-order valence-electron chi connectivity index (χ1n) is 12.5. The number of benzene rings is 2. The second kappa shape index (κ2) is 12.9. The third kappa shape index (κ3) is 7.69. The zero-order valence-electron chi connectivity index (χ0n) is 21.6. The number of aliphatic hydroxyl groups excluding tert-OH is 1. The van der Waals surface area contributed by atoms with Crippen LogP contribution >= 0.6 is 22.9 Å². The Bertz CT molecular complexity index is 1210. The second-order valence-corrected chi connectivity index (χ2v) is 10.4. The van der Waals surface area contributed by atoms with Crippen LogP contribution < -0.4 is 10.2 Å². The van der Waals surface area contributed by atoms with Crippen LogP contribution in [0.25, 0.3) is 11.3 Å². The summed E-state index contributed by atoms with van der Waals surface area (Å²) in [5.74, 6) is 0. The van der Waals surface area contributed by atoms with E-state index in [1.807, 2.05) is 19.9 Å². The Hall–Kier alpha value is -2.66. The van der Waals surface area contributed by atoms with Crippen LogP contribution in [0.2, 0.25) is 5.02 Å². The van der Waals surface area contributed by atoms with Crippen molar-refractivity contribution in [2.24, 2.45) is 0 Å². The van der Waals surface area contributed by atoms with Gasteiger partial charge in [0.15, 0.2) is 5.13 Å². The van der Waals surface area contributed by atoms with Crippen LogP contribution in [-0.4, -0.2) is 59.9 Å². The van der Waals surface area contributed by atoms with Gasteiger partial charge >= 0.3 is 12.2 Å². The highest BCUT2D eigenvalue weighted by molar-refractivity contribution is 7.14. The zero-order valence-corrected chi connectivity index (χ0v) is 23.2. The molecule has 0 aliphatic carbocycles.